The first kappa shape index (κ1) is 28.0. The highest BCUT2D eigenvalue weighted by molar-refractivity contribution is 6.32. The van der Waals surface area contributed by atoms with Crippen LogP contribution in [0.1, 0.15) is 37.4 Å². The van der Waals surface area contributed by atoms with Crippen LogP contribution in [0, 0.1) is 17.0 Å². The minimum Gasteiger partial charge on any atom is -0.497 e. The summed E-state index contributed by atoms with van der Waals surface area (Å²) in [5, 5.41) is 24.6. The molecule has 1 fully saturated rings. The molecule has 1 aliphatic rings. The summed E-state index contributed by atoms with van der Waals surface area (Å²) in [7, 11) is 1.55. The number of hydrogen-bond acceptors (Lipinski definition) is 7. The molecular weight excluding hydrogens is 518 g/mol. The number of carbonyl (C=O) groups is 1. The van der Waals surface area contributed by atoms with Gasteiger partial charge < -0.3 is 20.1 Å². The van der Waals surface area contributed by atoms with E-state index in [1.165, 1.54) is 18.3 Å². The number of fused-ring (bicyclic) bond motifs is 1. The Balaban J connectivity index is 1.39. The molecule has 38 heavy (non-hydrogen) atoms. The maximum atomic E-state index is 13.4. The van der Waals surface area contributed by atoms with Gasteiger partial charge in [0.05, 0.1) is 29.2 Å². The number of piperidine rings is 1. The average Bonchev–Trinajstić information content (AvgIpc) is 2.91. The van der Waals surface area contributed by atoms with Crippen LogP contribution in [0.3, 0.4) is 0 Å². The van der Waals surface area contributed by atoms with Crippen molar-refractivity contribution in [2.45, 2.75) is 31.8 Å². The highest BCUT2D eigenvalue weighted by Crippen LogP contribution is 2.41. The summed E-state index contributed by atoms with van der Waals surface area (Å²) in [4.78, 5) is 19.2. The van der Waals surface area contributed by atoms with Gasteiger partial charge >= 0.3 is 0 Å². The number of rotatable bonds is 10. The van der Waals surface area contributed by atoms with E-state index >= 15 is 0 Å². The third kappa shape index (κ3) is 6.32. The van der Waals surface area contributed by atoms with Crippen LogP contribution >= 0.6 is 11.6 Å². The second-order valence-electron chi connectivity index (χ2n) is 9.61. The number of carbonyl (C=O) groups excluding carboxylic acids is 1. The van der Waals surface area contributed by atoms with Crippen LogP contribution in [0.25, 0.3) is 10.9 Å². The number of aromatic nitrogens is 1. The number of nitrogens with one attached hydrogen (secondary N) is 2. The Kier molecular flexibility index (Phi) is 8.99. The number of anilines is 1. The van der Waals surface area contributed by atoms with Crippen LogP contribution in [0.4, 0.5) is 14.5 Å². The van der Waals surface area contributed by atoms with Crippen LogP contribution in [0.2, 0.25) is 5.02 Å². The van der Waals surface area contributed by atoms with Crippen LogP contribution < -0.4 is 15.5 Å². The third-order valence-corrected chi connectivity index (χ3v) is 7.62. The van der Waals surface area contributed by atoms with Gasteiger partial charge in [-0.3, -0.25) is 15.0 Å². The summed E-state index contributed by atoms with van der Waals surface area (Å²) >= 11 is 6.43. The maximum absolute atomic E-state index is 13.4. The molecule has 204 valence electrons. The summed E-state index contributed by atoms with van der Waals surface area (Å²) in [5.41, 5.74) is 2.49. The highest BCUT2D eigenvalue weighted by atomic mass is 35.5. The minimum absolute atomic E-state index is 0.246. The Hall–Kier alpha value is -3.05. The lowest BCUT2D eigenvalue weighted by molar-refractivity contribution is -0.143. The van der Waals surface area contributed by atoms with Crippen molar-refractivity contribution < 1.29 is 28.6 Å². The molecule has 8 nitrogen and oxygen atoms in total. The lowest BCUT2D eigenvalue weighted by atomic mass is 9.73. The lowest BCUT2D eigenvalue weighted by Crippen LogP contribution is -2.49. The molecule has 1 amide bonds. The van der Waals surface area contributed by atoms with Crippen molar-refractivity contribution in [2.24, 2.45) is 5.41 Å². The number of aliphatic hydroxyl groups is 1. The van der Waals surface area contributed by atoms with Crippen LogP contribution in [0.5, 0.6) is 5.75 Å². The molecule has 11 heteroatoms. The van der Waals surface area contributed by atoms with E-state index in [1.54, 1.807) is 25.3 Å². The Bertz CT molecular complexity index is 1270. The van der Waals surface area contributed by atoms with Gasteiger partial charge in [-0.1, -0.05) is 11.6 Å². The summed E-state index contributed by atoms with van der Waals surface area (Å²) in [6.07, 6.45) is 2.06. The van der Waals surface area contributed by atoms with E-state index in [1.807, 2.05) is 5.48 Å². The van der Waals surface area contributed by atoms with Gasteiger partial charge in [0.1, 0.15) is 17.4 Å². The molecule has 0 radical (unpaired) electrons. The number of aliphatic hydroxyl groups excluding tert-OH is 1. The van der Waals surface area contributed by atoms with E-state index in [0.29, 0.717) is 78.4 Å². The number of halogens is 3. The summed E-state index contributed by atoms with van der Waals surface area (Å²) < 4.78 is 32.1. The quantitative estimate of drug-likeness (QED) is 0.215. The van der Waals surface area contributed by atoms with Gasteiger partial charge in [-0.05, 0) is 69.1 Å². The third-order valence-electron chi connectivity index (χ3n) is 7.31. The van der Waals surface area contributed by atoms with Crippen LogP contribution in [0.15, 0.2) is 42.6 Å². The highest BCUT2D eigenvalue weighted by Gasteiger charge is 2.41. The lowest BCUT2D eigenvalue weighted by Gasteiger charge is -2.40. The Morgan fingerprint density at radius 3 is 2.58 bits per heavy atom. The number of pyridine rings is 1. The van der Waals surface area contributed by atoms with E-state index in [9.17, 15) is 23.9 Å². The van der Waals surface area contributed by atoms with Crippen LogP contribution in [-0.2, 0) is 4.79 Å². The monoisotopic (exact) mass is 548 g/mol. The van der Waals surface area contributed by atoms with Gasteiger partial charge in [-0.2, -0.15) is 0 Å². The van der Waals surface area contributed by atoms with Gasteiger partial charge in [0.15, 0.2) is 0 Å². The van der Waals surface area contributed by atoms with Crippen molar-refractivity contribution in [2.75, 3.05) is 38.6 Å². The van der Waals surface area contributed by atoms with Gasteiger partial charge in [0.25, 0.3) is 0 Å². The molecular formula is C27H31ClF2N4O4. The Labute approximate surface area is 224 Å². The van der Waals surface area contributed by atoms with Crippen molar-refractivity contribution >= 4 is 34.1 Å². The number of benzene rings is 2. The van der Waals surface area contributed by atoms with Gasteiger partial charge in [0.2, 0.25) is 5.91 Å². The van der Waals surface area contributed by atoms with Crippen LogP contribution in [-0.4, -0.2) is 59.4 Å². The number of nitrogens with zero attached hydrogens (tertiary/aromatic N) is 2. The zero-order valence-electron chi connectivity index (χ0n) is 21.0. The van der Waals surface area contributed by atoms with Gasteiger partial charge in [-0.15, -0.1) is 0 Å². The maximum Gasteiger partial charge on any atom is 0.249 e. The number of ether oxygens (including phenoxy) is 1. The summed E-state index contributed by atoms with van der Waals surface area (Å²) in [5.74, 6) is -1.17. The van der Waals surface area contributed by atoms with E-state index in [-0.39, 0.29) is 6.42 Å². The molecule has 2 heterocycles. The van der Waals surface area contributed by atoms with Gasteiger partial charge in [-0.25, -0.2) is 14.3 Å². The SMILES string of the molecule is COc1ccc2ncc(Cl)c(C(O)CCC3(C(=O)NO)CCN(CCNc4cc(F)cc(F)c4)CC3)c2c1. The second kappa shape index (κ2) is 12.2. The fourth-order valence-corrected chi connectivity index (χ4v) is 5.40. The Morgan fingerprint density at radius 2 is 1.92 bits per heavy atom. The first-order chi connectivity index (χ1) is 18.2. The first-order valence-electron chi connectivity index (χ1n) is 12.4. The van der Waals surface area contributed by atoms with Crippen molar-refractivity contribution in [3.8, 4) is 5.75 Å². The number of likely N-dealkylation sites (tertiary alicyclic amines) is 1. The van der Waals surface area contributed by atoms with Gasteiger partial charge in [0, 0.05) is 42.0 Å². The molecule has 1 unspecified atom stereocenters. The largest absolute Gasteiger partial charge is 0.497 e. The standard InChI is InChI=1S/C27H31ClF2N4O4/c1-38-20-2-3-23-21(15-20)25(22(28)16-32-23)24(35)4-5-27(26(36)33-37)6-9-34(10-7-27)11-8-31-19-13-17(29)12-18(30)14-19/h2-3,12-16,24,31,35,37H,4-11H2,1H3,(H,33,36). The molecule has 1 atom stereocenters. The minimum atomic E-state index is -0.961. The molecule has 4 N–H and O–H groups in total. The van der Waals surface area contributed by atoms with Crippen molar-refractivity contribution in [1.29, 1.82) is 0 Å². The molecule has 0 aliphatic carbocycles. The fourth-order valence-electron chi connectivity index (χ4n) is 5.12. The zero-order valence-corrected chi connectivity index (χ0v) is 21.8. The number of amides is 1. The first-order valence-corrected chi connectivity index (χ1v) is 12.8. The second-order valence-corrected chi connectivity index (χ2v) is 10.0. The normalized spacial score (nSPS) is 16.3. The van der Waals surface area contributed by atoms with E-state index < -0.39 is 29.1 Å². The van der Waals surface area contributed by atoms with Crippen molar-refractivity contribution in [1.82, 2.24) is 15.4 Å². The Morgan fingerprint density at radius 1 is 1.21 bits per heavy atom. The predicted octanol–water partition coefficient (Wildman–Crippen LogP) is 4.69. The number of hydroxylamine groups is 1. The molecule has 1 saturated heterocycles. The molecule has 1 aromatic heterocycles. The number of methoxy groups -OCH3 is 1. The van der Waals surface area contributed by atoms with E-state index in [0.717, 1.165) is 6.07 Å². The molecule has 1 aliphatic heterocycles. The van der Waals surface area contributed by atoms with Crippen molar-refractivity contribution in [3.05, 3.63) is 64.8 Å². The molecule has 4 rings (SSSR count). The molecule has 2 aromatic carbocycles. The average molecular weight is 549 g/mol. The van der Waals surface area contributed by atoms with E-state index in [4.69, 9.17) is 16.3 Å². The zero-order chi connectivity index (χ0) is 27.3. The molecule has 0 spiro atoms. The van der Waals surface area contributed by atoms with E-state index in [2.05, 4.69) is 15.2 Å². The number of hydrogen-bond donors (Lipinski definition) is 4. The molecule has 3 aromatic rings. The smallest absolute Gasteiger partial charge is 0.249 e. The topological polar surface area (TPSA) is 107 Å². The van der Waals surface area contributed by atoms with Crippen molar-refractivity contribution in [3.63, 3.8) is 0 Å². The predicted molar refractivity (Wildman–Crippen MR) is 140 cm³/mol. The molecule has 0 bridgehead atoms. The summed E-state index contributed by atoms with van der Waals surface area (Å²) in [6.45, 7) is 2.24. The summed E-state index contributed by atoms with van der Waals surface area (Å²) in [6, 6.07) is 8.62. The fraction of sp³-hybridized carbons (Fsp3) is 0.407. The molecule has 0 saturated carbocycles.